The first-order valence-corrected chi connectivity index (χ1v) is 8.56. The van der Waals surface area contributed by atoms with Gasteiger partial charge in [0.05, 0.1) is 10.9 Å². The van der Waals surface area contributed by atoms with Crippen molar-refractivity contribution in [1.29, 1.82) is 0 Å². The zero-order valence-corrected chi connectivity index (χ0v) is 13.9. The van der Waals surface area contributed by atoms with Gasteiger partial charge in [-0.25, -0.2) is 26.3 Å². The van der Waals surface area contributed by atoms with E-state index in [9.17, 15) is 21.6 Å². The number of hydrogen-bond donors (Lipinski definition) is 1. The molecule has 0 saturated carbocycles. The highest BCUT2D eigenvalue weighted by Gasteiger charge is 2.24. The van der Waals surface area contributed by atoms with E-state index < -0.39 is 33.5 Å². The van der Waals surface area contributed by atoms with Crippen LogP contribution in [-0.4, -0.2) is 34.0 Å². The van der Waals surface area contributed by atoms with Crippen LogP contribution in [0.1, 0.15) is 11.6 Å². The van der Waals surface area contributed by atoms with Crippen molar-refractivity contribution in [3.8, 4) is 0 Å². The highest BCUT2D eigenvalue weighted by atomic mass is 32.2. The van der Waals surface area contributed by atoms with Crippen LogP contribution in [0, 0.1) is 17.5 Å². The number of sulfonamides is 1. The van der Waals surface area contributed by atoms with Crippen LogP contribution in [0.3, 0.4) is 0 Å². The SMILES string of the molecule is CN(C)C(CNS(=O)(=O)c1ccc(F)cc1)c1c(F)cccc1F. The zero-order chi connectivity index (χ0) is 17.9. The maximum absolute atomic E-state index is 14.0. The van der Waals surface area contributed by atoms with Gasteiger partial charge < -0.3 is 4.90 Å². The van der Waals surface area contributed by atoms with Gasteiger partial charge in [0.1, 0.15) is 17.5 Å². The standard InChI is InChI=1S/C16H17F3N2O2S/c1-21(2)15(16-13(18)4-3-5-14(16)19)10-20-24(22,23)12-8-6-11(17)7-9-12/h3-9,15,20H,10H2,1-2H3. The third kappa shape index (κ3) is 4.14. The van der Waals surface area contributed by atoms with Gasteiger partial charge in [-0.2, -0.15) is 0 Å². The van der Waals surface area contributed by atoms with E-state index in [2.05, 4.69) is 4.72 Å². The number of benzene rings is 2. The minimum Gasteiger partial charge on any atom is -0.301 e. The Bertz CT molecular complexity index is 788. The minimum atomic E-state index is -3.93. The number of rotatable bonds is 6. The first-order valence-electron chi connectivity index (χ1n) is 7.08. The third-order valence-electron chi connectivity index (χ3n) is 3.55. The first-order chi connectivity index (χ1) is 11.2. The van der Waals surface area contributed by atoms with Gasteiger partial charge in [0.2, 0.25) is 10.0 Å². The van der Waals surface area contributed by atoms with Crippen molar-refractivity contribution in [1.82, 2.24) is 9.62 Å². The van der Waals surface area contributed by atoms with Gasteiger partial charge in [-0.3, -0.25) is 0 Å². The van der Waals surface area contributed by atoms with Crippen molar-refractivity contribution >= 4 is 10.0 Å². The molecule has 24 heavy (non-hydrogen) atoms. The summed E-state index contributed by atoms with van der Waals surface area (Å²) in [5.74, 6) is -2.07. The van der Waals surface area contributed by atoms with Crippen molar-refractivity contribution < 1.29 is 21.6 Å². The van der Waals surface area contributed by atoms with Crippen LogP contribution in [-0.2, 0) is 10.0 Å². The lowest BCUT2D eigenvalue weighted by Gasteiger charge is -2.25. The van der Waals surface area contributed by atoms with Crippen LogP contribution >= 0.6 is 0 Å². The maximum atomic E-state index is 14.0. The van der Waals surface area contributed by atoms with Crippen LogP contribution in [0.25, 0.3) is 0 Å². The molecular weight excluding hydrogens is 341 g/mol. The molecule has 0 bridgehead atoms. The molecule has 0 spiro atoms. The van der Waals surface area contributed by atoms with Gasteiger partial charge >= 0.3 is 0 Å². The lowest BCUT2D eigenvalue weighted by Crippen LogP contribution is -2.35. The van der Waals surface area contributed by atoms with Crippen molar-refractivity contribution in [3.63, 3.8) is 0 Å². The third-order valence-corrected chi connectivity index (χ3v) is 4.99. The van der Waals surface area contributed by atoms with E-state index in [-0.39, 0.29) is 17.0 Å². The summed E-state index contributed by atoms with van der Waals surface area (Å²) < 4.78 is 67.6. The van der Waals surface area contributed by atoms with E-state index in [1.807, 2.05) is 0 Å². The number of halogens is 3. The molecule has 0 radical (unpaired) electrons. The van der Waals surface area contributed by atoms with Crippen molar-refractivity contribution in [2.75, 3.05) is 20.6 Å². The molecular formula is C16H17F3N2O2S. The van der Waals surface area contributed by atoms with Gasteiger partial charge in [-0.15, -0.1) is 0 Å². The molecule has 0 saturated heterocycles. The molecule has 0 heterocycles. The summed E-state index contributed by atoms with van der Waals surface area (Å²) in [5, 5.41) is 0. The quantitative estimate of drug-likeness (QED) is 0.864. The molecule has 8 heteroatoms. The Balaban J connectivity index is 2.25. The molecule has 0 aliphatic rings. The van der Waals surface area contributed by atoms with E-state index in [4.69, 9.17) is 0 Å². The Morgan fingerprint density at radius 3 is 2.04 bits per heavy atom. The smallest absolute Gasteiger partial charge is 0.240 e. The van der Waals surface area contributed by atoms with Gasteiger partial charge in [0, 0.05) is 12.1 Å². The molecule has 2 aromatic carbocycles. The number of hydrogen-bond acceptors (Lipinski definition) is 3. The molecule has 130 valence electrons. The summed E-state index contributed by atoms with van der Waals surface area (Å²) in [7, 11) is -0.755. The Morgan fingerprint density at radius 2 is 1.54 bits per heavy atom. The van der Waals surface area contributed by atoms with Crippen LogP contribution in [0.15, 0.2) is 47.4 Å². The average Bonchev–Trinajstić information content (AvgIpc) is 2.50. The second-order valence-electron chi connectivity index (χ2n) is 5.42. The summed E-state index contributed by atoms with van der Waals surface area (Å²) in [4.78, 5) is 1.38. The molecule has 0 aliphatic heterocycles. The Morgan fingerprint density at radius 1 is 1.00 bits per heavy atom. The fourth-order valence-electron chi connectivity index (χ4n) is 2.26. The van der Waals surface area contributed by atoms with Crippen LogP contribution in [0.5, 0.6) is 0 Å². The van der Waals surface area contributed by atoms with Crippen LogP contribution in [0.4, 0.5) is 13.2 Å². The second kappa shape index (κ2) is 7.33. The van der Waals surface area contributed by atoms with Gasteiger partial charge in [-0.05, 0) is 50.5 Å². The largest absolute Gasteiger partial charge is 0.301 e. The normalized spacial score (nSPS) is 13.2. The molecule has 4 nitrogen and oxygen atoms in total. The van der Waals surface area contributed by atoms with E-state index in [1.54, 1.807) is 14.1 Å². The summed E-state index contributed by atoms with van der Waals surface area (Å²) in [6.45, 7) is -0.245. The Labute approximate surface area is 139 Å². The molecule has 0 amide bonds. The zero-order valence-electron chi connectivity index (χ0n) is 13.1. The number of nitrogens with zero attached hydrogens (tertiary/aromatic N) is 1. The predicted molar refractivity (Wildman–Crippen MR) is 84.4 cm³/mol. The van der Waals surface area contributed by atoms with E-state index in [0.29, 0.717) is 0 Å². The Kier molecular flexibility index (Phi) is 5.63. The van der Waals surface area contributed by atoms with E-state index >= 15 is 0 Å². The fourth-order valence-corrected chi connectivity index (χ4v) is 3.30. The van der Waals surface area contributed by atoms with Crippen molar-refractivity contribution in [3.05, 3.63) is 65.5 Å². The monoisotopic (exact) mass is 358 g/mol. The van der Waals surface area contributed by atoms with E-state index in [0.717, 1.165) is 36.4 Å². The lowest BCUT2D eigenvalue weighted by molar-refractivity contribution is 0.283. The molecule has 0 aliphatic carbocycles. The molecule has 1 atom stereocenters. The number of likely N-dealkylation sites (N-methyl/N-ethyl adjacent to an activating group) is 1. The van der Waals surface area contributed by atoms with E-state index in [1.165, 1.54) is 11.0 Å². The van der Waals surface area contributed by atoms with Gasteiger partial charge in [0.25, 0.3) is 0 Å². The highest BCUT2D eigenvalue weighted by molar-refractivity contribution is 7.89. The molecule has 1 unspecified atom stereocenters. The summed E-state index contributed by atoms with van der Waals surface area (Å²) in [6.07, 6.45) is 0. The molecule has 0 aromatic heterocycles. The van der Waals surface area contributed by atoms with Gasteiger partial charge in [0.15, 0.2) is 0 Å². The lowest BCUT2D eigenvalue weighted by atomic mass is 10.0. The van der Waals surface area contributed by atoms with Crippen LogP contribution in [0.2, 0.25) is 0 Å². The molecule has 2 aromatic rings. The average molecular weight is 358 g/mol. The highest BCUT2D eigenvalue weighted by Crippen LogP contribution is 2.24. The molecule has 2 rings (SSSR count). The van der Waals surface area contributed by atoms with Gasteiger partial charge in [-0.1, -0.05) is 6.07 Å². The topological polar surface area (TPSA) is 49.4 Å². The first kappa shape index (κ1) is 18.4. The minimum absolute atomic E-state index is 0.129. The maximum Gasteiger partial charge on any atom is 0.240 e. The molecule has 0 fully saturated rings. The summed E-state index contributed by atoms with van der Waals surface area (Å²) >= 11 is 0. The summed E-state index contributed by atoms with van der Waals surface area (Å²) in [5.41, 5.74) is -0.218. The van der Waals surface area contributed by atoms with Crippen LogP contribution < -0.4 is 4.72 Å². The summed E-state index contributed by atoms with van der Waals surface area (Å²) in [6, 6.07) is 6.90. The Hall–Kier alpha value is -1.90. The number of nitrogens with one attached hydrogen (secondary N) is 1. The predicted octanol–water partition coefficient (Wildman–Crippen LogP) is 2.69. The van der Waals surface area contributed by atoms with Crippen molar-refractivity contribution in [2.24, 2.45) is 0 Å². The van der Waals surface area contributed by atoms with Crippen molar-refractivity contribution in [2.45, 2.75) is 10.9 Å². The fraction of sp³-hybridized carbons (Fsp3) is 0.250. The second-order valence-corrected chi connectivity index (χ2v) is 7.19. The molecule has 1 N–H and O–H groups in total.